The van der Waals surface area contributed by atoms with E-state index in [1.54, 1.807) is 11.8 Å². The number of nitrogens with zero attached hydrogens (tertiary/aromatic N) is 1. The maximum Gasteiger partial charge on any atom is 0.321 e. The molecule has 3 atom stereocenters. The summed E-state index contributed by atoms with van der Waals surface area (Å²) in [6.45, 7) is 2.38. The second-order valence-corrected chi connectivity index (χ2v) is 6.38. The molecule has 1 aromatic rings. The second-order valence-electron chi connectivity index (χ2n) is 5.38. The molecular formula is C15H19NO4S. The molecular weight excluding hydrogens is 290 g/mol. The molecule has 1 fully saturated rings. The van der Waals surface area contributed by atoms with Gasteiger partial charge in [-0.2, -0.15) is 0 Å². The lowest BCUT2D eigenvalue weighted by atomic mass is 9.94. The maximum absolute atomic E-state index is 11.3. The van der Waals surface area contributed by atoms with Gasteiger partial charge >= 0.3 is 5.97 Å². The van der Waals surface area contributed by atoms with Crippen molar-refractivity contribution in [3.05, 3.63) is 29.3 Å². The van der Waals surface area contributed by atoms with Crippen LogP contribution >= 0.6 is 11.8 Å². The van der Waals surface area contributed by atoms with Crippen LogP contribution < -0.4 is 4.74 Å². The van der Waals surface area contributed by atoms with Crippen molar-refractivity contribution in [1.82, 2.24) is 4.90 Å². The number of aliphatic hydroxyl groups excluding tert-OH is 1. The Morgan fingerprint density at radius 1 is 1.52 bits per heavy atom. The first kappa shape index (κ1) is 14.7. The van der Waals surface area contributed by atoms with Crippen molar-refractivity contribution in [3.63, 3.8) is 0 Å². The van der Waals surface area contributed by atoms with Gasteiger partial charge in [-0.25, -0.2) is 0 Å². The number of carbonyl (C=O) groups is 1. The minimum atomic E-state index is -0.833. The van der Waals surface area contributed by atoms with E-state index in [0.29, 0.717) is 18.2 Å². The molecule has 2 aliphatic heterocycles. The van der Waals surface area contributed by atoms with Crippen LogP contribution in [0.4, 0.5) is 0 Å². The lowest BCUT2D eigenvalue weighted by Crippen LogP contribution is -2.51. The lowest BCUT2D eigenvalue weighted by Gasteiger charge is -2.38. The average molecular weight is 309 g/mol. The van der Waals surface area contributed by atoms with Gasteiger partial charge in [-0.05, 0) is 12.0 Å². The molecule has 5 nitrogen and oxygen atoms in total. The Balaban J connectivity index is 1.89. The monoisotopic (exact) mass is 309 g/mol. The van der Waals surface area contributed by atoms with Gasteiger partial charge in [-0.1, -0.05) is 25.1 Å². The van der Waals surface area contributed by atoms with Gasteiger partial charge in [0, 0.05) is 17.2 Å². The average Bonchev–Trinajstić information content (AvgIpc) is 2.96. The Bertz CT molecular complexity index is 550. The molecule has 3 rings (SSSR count). The number of carboxylic acids is 1. The first-order valence-electron chi connectivity index (χ1n) is 7.12. The first-order chi connectivity index (χ1) is 10.1. The molecule has 1 saturated heterocycles. The van der Waals surface area contributed by atoms with Crippen LogP contribution in [-0.4, -0.2) is 51.4 Å². The highest BCUT2D eigenvalue weighted by molar-refractivity contribution is 7.99. The number of hydrogen-bond donors (Lipinski definition) is 2. The summed E-state index contributed by atoms with van der Waals surface area (Å²) in [6, 6.07) is 4.93. The summed E-state index contributed by atoms with van der Waals surface area (Å²) < 4.78 is 5.87. The molecule has 1 aromatic carbocycles. The number of para-hydroxylation sites is 1. The van der Waals surface area contributed by atoms with Gasteiger partial charge in [0.15, 0.2) is 0 Å². The molecule has 2 N–H and O–H groups in total. The number of aliphatic hydroxyl groups is 1. The zero-order valence-electron chi connectivity index (χ0n) is 11.9. The van der Waals surface area contributed by atoms with Crippen LogP contribution in [0.3, 0.4) is 0 Å². The van der Waals surface area contributed by atoms with Gasteiger partial charge in [0.1, 0.15) is 24.5 Å². The van der Waals surface area contributed by atoms with Crippen LogP contribution in [0.5, 0.6) is 5.75 Å². The molecule has 6 heteroatoms. The summed E-state index contributed by atoms with van der Waals surface area (Å²) in [5.74, 6) is 1.11. The van der Waals surface area contributed by atoms with Gasteiger partial charge in [-0.15, -0.1) is 11.8 Å². The number of aliphatic carboxylic acids is 1. The van der Waals surface area contributed by atoms with Crippen molar-refractivity contribution in [2.75, 3.05) is 18.2 Å². The Labute approximate surface area is 127 Å². The Hall–Kier alpha value is -1.24. The third-order valence-electron chi connectivity index (χ3n) is 4.22. The van der Waals surface area contributed by atoms with E-state index >= 15 is 0 Å². The summed E-state index contributed by atoms with van der Waals surface area (Å²) in [4.78, 5) is 13.2. The fourth-order valence-electron chi connectivity index (χ4n) is 3.03. The van der Waals surface area contributed by atoms with Gasteiger partial charge < -0.3 is 14.9 Å². The van der Waals surface area contributed by atoms with E-state index in [0.717, 1.165) is 23.3 Å². The molecule has 0 amide bonds. The molecule has 0 aliphatic carbocycles. The molecule has 0 spiro atoms. The molecule has 2 heterocycles. The van der Waals surface area contributed by atoms with Gasteiger partial charge in [0.25, 0.3) is 0 Å². The number of carboxylic acid groups (broad SMARTS) is 1. The number of aryl methyl sites for hydroxylation is 1. The first-order valence-corrected chi connectivity index (χ1v) is 8.28. The fraction of sp³-hybridized carbons (Fsp3) is 0.533. The zero-order valence-corrected chi connectivity index (χ0v) is 12.7. The maximum atomic E-state index is 11.3. The molecule has 21 heavy (non-hydrogen) atoms. The number of ether oxygens (including phenoxy) is 1. The van der Waals surface area contributed by atoms with E-state index in [4.69, 9.17) is 4.74 Å². The largest absolute Gasteiger partial charge is 0.491 e. The summed E-state index contributed by atoms with van der Waals surface area (Å²) in [7, 11) is 0. The molecule has 0 bridgehead atoms. The topological polar surface area (TPSA) is 70.0 Å². The van der Waals surface area contributed by atoms with Crippen LogP contribution in [0.1, 0.15) is 24.2 Å². The van der Waals surface area contributed by atoms with Crippen LogP contribution in [-0.2, 0) is 11.2 Å². The van der Waals surface area contributed by atoms with E-state index in [1.165, 1.54) is 0 Å². The van der Waals surface area contributed by atoms with Crippen molar-refractivity contribution >= 4 is 17.7 Å². The molecule has 0 saturated carbocycles. The SMILES string of the molecule is CCc1cccc2c1OCC(N1CSCC1C(=O)O)C2O. The van der Waals surface area contributed by atoms with Crippen molar-refractivity contribution in [3.8, 4) is 5.75 Å². The van der Waals surface area contributed by atoms with Crippen molar-refractivity contribution in [2.24, 2.45) is 0 Å². The zero-order chi connectivity index (χ0) is 15.0. The number of fused-ring (bicyclic) bond motifs is 1. The minimum absolute atomic E-state index is 0.305. The van der Waals surface area contributed by atoms with Gasteiger partial charge in [-0.3, -0.25) is 9.69 Å². The molecule has 3 unspecified atom stereocenters. The highest BCUT2D eigenvalue weighted by atomic mass is 32.2. The summed E-state index contributed by atoms with van der Waals surface area (Å²) in [5.41, 5.74) is 1.85. The number of thioether (sulfide) groups is 1. The smallest absolute Gasteiger partial charge is 0.321 e. The number of rotatable bonds is 3. The van der Waals surface area contributed by atoms with Crippen LogP contribution in [0, 0.1) is 0 Å². The highest BCUT2D eigenvalue weighted by Gasteiger charge is 2.42. The van der Waals surface area contributed by atoms with E-state index in [1.807, 2.05) is 23.1 Å². The number of benzene rings is 1. The Kier molecular flexibility index (Phi) is 4.10. The molecule has 2 aliphatic rings. The van der Waals surface area contributed by atoms with Gasteiger partial charge in [0.05, 0.1) is 6.04 Å². The van der Waals surface area contributed by atoms with Crippen LogP contribution in [0.2, 0.25) is 0 Å². The van der Waals surface area contributed by atoms with Crippen molar-refractivity contribution in [1.29, 1.82) is 0 Å². The standard InChI is InChI=1S/C15H19NO4S/c1-2-9-4-3-5-10-13(17)11(6-20-14(9)10)16-8-21-7-12(16)15(18)19/h3-5,11-13,17H,2,6-8H2,1H3,(H,18,19). The van der Waals surface area contributed by atoms with Crippen LogP contribution in [0.15, 0.2) is 18.2 Å². The predicted octanol–water partition coefficient (Wildman–Crippen LogP) is 1.50. The minimum Gasteiger partial charge on any atom is -0.491 e. The van der Waals surface area contributed by atoms with E-state index in [2.05, 4.69) is 6.92 Å². The second kappa shape index (κ2) is 5.87. The lowest BCUT2D eigenvalue weighted by molar-refractivity contribution is -0.144. The third kappa shape index (κ3) is 2.52. The van der Waals surface area contributed by atoms with Crippen molar-refractivity contribution in [2.45, 2.75) is 31.5 Å². The van der Waals surface area contributed by atoms with E-state index in [9.17, 15) is 15.0 Å². The van der Waals surface area contributed by atoms with Crippen LogP contribution in [0.25, 0.3) is 0 Å². The Morgan fingerprint density at radius 2 is 2.33 bits per heavy atom. The molecule has 0 aromatic heterocycles. The van der Waals surface area contributed by atoms with E-state index in [-0.39, 0.29) is 6.04 Å². The number of hydrogen-bond acceptors (Lipinski definition) is 5. The normalized spacial score (nSPS) is 29.0. The third-order valence-corrected chi connectivity index (χ3v) is 5.25. The summed E-state index contributed by atoms with van der Waals surface area (Å²) in [6.07, 6.45) is 0.138. The highest BCUT2D eigenvalue weighted by Crippen LogP contribution is 2.39. The van der Waals surface area contributed by atoms with E-state index < -0.39 is 18.1 Å². The Morgan fingerprint density at radius 3 is 3.05 bits per heavy atom. The molecule has 0 radical (unpaired) electrons. The predicted molar refractivity (Wildman–Crippen MR) is 80.7 cm³/mol. The molecule has 114 valence electrons. The van der Waals surface area contributed by atoms with Gasteiger partial charge in [0.2, 0.25) is 0 Å². The van der Waals surface area contributed by atoms with Crippen molar-refractivity contribution < 1.29 is 19.7 Å². The summed E-state index contributed by atoms with van der Waals surface area (Å²) >= 11 is 1.58. The summed E-state index contributed by atoms with van der Waals surface area (Å²) in [5, 5.41) is 20.0. The quantitative estimate of drug-likeness (QED) is 0.882. The fourth-order valence-corrected chi connectivity index (χ4v) is 4.28.